The Kier molecular flexibility index (Phi) is 30.0. The second-order valence-electron chi connectivity index (χ2n) is 26.0. The molecular formula is C62H99FN8O19. The predicted octanol–water partition coefficient (Wildman–Crippen LogP) is 6.48. The van der Waals surface area contributed by atoms with Crippen molar-refractivity contribution in [1.29, 1.82) is 0 Å². The molecule has 0 spiro atoms. The summed E-state index contributed by atoms with van der Waals surface area (Å²) in [5, 5.41) is 63.1. The van der Waals surface area contributed by atoms with E-state index < -0.39 is 67.4 Å². The second-order valence-corrected chi connectivity index (χ2v) is 26.0. The van der Waals surface area contributed by atoms with Gasteiger partial charge in [-0.1, -0.05) is 0 Å². The number of nitro groups is 2. The van der Waals surface area contributed by atoms with E-state index in [1.807, 2.05) is 45.0 Å². The fourth-order valence-corrected chi connectivity index (χ4v) is 8.66. The van der Waals surface area contributed by atoms with Crippen molar-refractivity contribution in [2.45, 2.75) is 161 Å². The lowest BCUT2D eigenvalue weighted by Gasteiger charge is -2.39. The van der Waals surface area contributed by atoms with Gasteiger partial charge in [0.05, 0.1) is 91.6 Å². The van der Waals surface area contributed by atoms with Crippen LogP contribution in [-0.2, 0) is 42.7 Å². The number of hydrogen-bond donors (Lipinski definition) is 6. The molecule has 0 radical (unpaired) electrons. The zero-order valence-corrected chi connectivity index (χ0v) is 55.0. The third-order valence-corrected chi connectivity index (χ3v) is 13.8. The van der Waals surface area contributed by atoms with Crippen molar-refractivity contribution in [1.82, 2.24) is 15.1 Å². The second kappa shape index (κ2) is 34.7. The van der Waals surface area contributed by atoms with E-state index in [4.69, 9.17) is 38.9 Å². The third-order valence-electron chi connectivity index (χ3n) is 13.8. The normalized spacial score (nSPS) is 20.8. The first-order chi connectivity index (χ1) is 41.6. The maximum absolute atomic E-state index is 12.1. The molecule has 2 amide bonds. The van der Waals surface area contributed by atoms with Gasteiger partial charge in [-0.3, -0.25) is 20.2 Å². The molecule has 5 unspecified atom stereocenters. The summed E-state index contributed by atoms with van der Waals surface area (Å²) in [6, 6.07) is 18.6. The van der Waals surface area contributed by atoms with Crippen LogP contribution in [0.3, 0.4) is 0 Å². The minimum atomic E-state index is -0.958. The Morgan fingerprint density at radius 1 is 0.533 bits per heavy atom. The molecule has 0 aromatic heterocycles. The first-order valence-electron chi connectivity index (χ1n) is 29.8. The van der Waals surface area contributed by atoms with Gasteiger partial charge in [0.1, 0.15) is 35.3 Å². The number of amides is 2. The van der Waals surface area contributed by atoms with Crippen LogP contribution in [0.25, 0.3) is 0 Å². The van der Waals surface area contributed by atoms with Crippen molar-refractivity contribution in [3.63, 3.8) is 0 Å². The average Bonchev–Trinajstić information content (AvgIpc) is 1.89. The number of nitro benzene ring substituents is 2. The molecule has 5 aliphatic rings. The molecule has 28 heteroatoms. The van der Waals surface area contributed by atoms with Crippen LogP contribution in [0.4, 0.5) is 42.4 Å². The molecule has 5 heterocycles. The van der Waals surface area contributed by atoms with Crippen molar-refractivity contribution in [3.05, 3.63) is 98.8 Å². The number of hydrogen-bond acceptors (Lipinski definition) is 23. The maximum Gasteiger partial charge on any atom is 0.410 e. The number of methoxy groups -OCH3 is 1. The van der Waals surface area contributed by atoms with Crippen LogP contribution in [-0.4, -0.2) is 228 Å². The summed E-state index contributed by atoms with van der Waals surface area (Å²) in [7, 11) is 1.29. The third kappa shape index (κ3) is 28.7. The Bertz CT molecular complexity index is 2660. The smallest absolute Gasteiger partial charge is 0.410 e. The number of halogens is 1. The summed E-state index contributed by atoms with van der Waals surface area (Å²) in [5.74, 6) is -0.941. The summed E-state index contributed by atoms with van der Waals surface area (Å²) >= 11 is 0. The summed E-state index contributed by atoms with van der Waals surface area (Å²) in [5.41, 5.74) is 4.01. The monoisotopic (exact) mass is 1280 g/mol. The van der Waals surface area contributed by atoms with Crippen LogP contribution in [0.5, 0.6) is 0 Å². The highest BCUT2D eigenvalue weighted by atomic mass is 19.1. The van der Waals surface area contributed by atoms with E-state index in [1.54, 1.807) is 93.2 Å². The van der Waals surface area contributed by atoms with Crippen LogP contribution >= 0.6 is 0 Å². The zero-order valence-electron chi connectivity index (χ0n) is 55.0. The van der Waals surface area contributed by atoms with Gasteiger partial charge in [-0.2, -0.15) is 0 Å². The average molecular weight is 1280 g/mol. The summed E-state index contributed by atoms with van der Waals surface area (Å²) < 4.78 is 54.4. The van der Waals surface area contributed by atoms with Gasteiger partial charge in [0, 0.05) is 93.7 Å². The van der Waals surface area contributed by atoms with Crippen LogP contribution in [0.1, 0.15) is 96.9 Å². The Balaban J connectivity index is 0.000000286. The quantitative estimate of drug-likeness (QED) is 0.0438. The molecule has 5 saturated heterocycles. The highest BCUT2D eigenvalue weighted by Crippen LogP contribution is 2.27. The van der Waals surface area contributed by atoms with Gasteiger partial charge in [0.15, 0.2) is 6.10 Å². The lowest BCUT2D eigenvalue weighted by molar-refractivity contribution is -0.385. The Hall–Kier alpha value is -6.60. The van der Waals surface area contributed by atoms with E-state index in [-0.39, 0.29) is 48.4 Å². The van der Waals surface area contributed by atoms with E-state index in [0.29, 0.717) is 72.3 Å². The largest absolute Gasteiger partial charge is 0.467 e. The number of carbonyl (C=O) groups excluding carboxylic acids is 3. The fourth-order valence-electron chi connectivity index (χ4n) is 8.66. The van der Waals surface area contributed by atoms with Gasteiger partial charge in [-0.15, -0.1) is 0 Å². The van der Waals surface area contributed by atoms with Gasteiger partial charge in [0.25, 0.3) is 11.4 Å². The Morgan fingerprint density at radius 3 is 1.24 bits per heavy atom. The standard InChI is InChI=1S/C13H18N2O4.C13H20N2O2.C12H23NO4.C11H19NO5.C7H15NO2.C6H4FNO2/c1-13(2,16)12-9-14(7-8-19-12)10-3-5-11(6-4-10)15(17)18;1-13(2,16)12-9-15(7-8-17-12)11-5-3-10(14)4-6-11;1-11(2,3)17-10(14)13-6-7-16-9(8-13)12(4,5)15;1-11(2,3)17-10(14)12-5-6-16-8(7-12)9(13)15-4;1-7(2,9)6-5-8-3-4-10-6;7-5-1-3-6(4-2-5)8(9)10/h3-6,12,16H,7-9H2,1-2H3;3-6,12,16H,7-9,14H2,1-2H3;9,15H,6-8H2,1-5H3;8H,5-7H2,1-4H3;6,8-9H,3-5H2,1-2H3;1-4H. The number of esters is 1. The number of non-ortho nitro benzene ring substituents is 2. The minimum absolute atomic E-state index is 0.0544. The van der Waals surface area contributed by atoms with E-state index in [1.165, 1.54) is 24.1 Å². The number of aliphatic hydroxyl groups is 4. The molecule has 0 aliphatic carbocycles. The lowest BCUT2D eigenvalue weighted by Crippen LogP contribution is -2.54. The van der Waals surface area contributed by atoms with Gasteiger partial charge >= 0.3 is 18.2 Å². The summed E-state index contributed by atoms with van der Waals surface area (Å²) in [6.07, 6.45) is -2.36. The lowest BCUT2D eigenvalue weighted by atomic mass is 10.00. The van der Waals surface area contributed by atoms with Crippen molar-refractivity contribution >= 4 is 46.6 Å². The molecule has 508 valence electrons. The van der Waals surface area contributed by atoms with Gasteiger partial charge in [0.2, 0.25) is 0 Å². The number of nitrogens with two attached hydrogens (primary N) is 1. The number of ether oxygens (including phenoxy) is 8. The van der Waals surface area contributed by atoms with Crippen LogP contribution < -0.4 is 20.9 Å². The number of carbonyl (C=O) groups is 3. The number of nitrogens with zero attached hydrogens (tertiary/aromatic N) is 6. The molecule has 7 N–H and O–H groups in total. The van der Waals surface area contributed by atoms with Crippen LogP contribution in [0.15, 0.2) is 72.8 Å². The van der Waals surface area contributed by atoms with Crippen molar-refractivity contribution in [2.75, 3.05) is 121 Å². The SMILES string of the molecule is CC(C)(C)OC(=O)N1CCOC(C(C)(C)O)C1.CC(C)(O)C1CN(c2ccc(N)cc2)CCO1.CC(C)(O)C1CN(c2ccc([N+](=O)[O-])cc2)CCO1.CC(C)(O)C1CNCCO1.COC(=O)C1CN(C(=O)OC(C)(C)C)CCO1.O=[N+]([O-])c1ccc(F)cc1. The molecule has 5 atom stereocenters. The number of benzene rings is 3. The molecule has 3 aromatic rings. The number of rotatable bonds is 9. The molecule has 3 aromatic carbocycles. The highest BCUT2D eigenvalue weighted by Gasteiger charge is 2.38. The predicted molar refractivity (Wildman–Crippen MR) is 336 cm³/mol. The van der Waals surface area contributed by atoms with E-state index in [9.17, 15) is 59.4 Å². The molecule has 8 rings (SSSR count). The van der Waals surface area contributed by atoms with Crippen LogP contribution in [0.2, 0.25) is 0 Å². The molecule has 90 heavy (non-hydrogen) atoms. The van der Waals surface area contributed by atoms with Gasteiger partial charge in [-0.25, -0.2) is 18.8 Å². The topological polar surface area (TPSA) is 343 Å². The minimum Gasteiger partial charge on any atom is -0.467 e. The Morgan fingerprint density at radius 2 is 0.889 bits per heavy atom. The first kappa shape index (κ1) is 77.6. The van der Waals surface area contributed by atoms with Gasteiger partial charge < -0.3 is 89.0 Å². The molecule has 0 bridgehead atoms. The van der Waals surface area contributed by atoms with Crippen molar-refractivity contribution in [3.8, 4) is 0 Å². The highest BCUT2D eigenvalue weighted by molar-refractivity contribution is 5.76. The van der Waals surface area contributed by atoms with Crippen molar-refractivity contribution < 1.29 is 86.9 Å². The molecule has 27 nitrogen and oxygen atoms in total. The maximum atomic E-state index is 12.1. The van der Waals surface area contributed by atoms with Crippen molar-refractivity contribution in [2.24, 2.45) is 0 Å². The molecule has 5 aliphatic heterocycles. The number of anilines is 3. The molecule has 5 fully saturated rings. The fraction of sp³-hybridized carbons (Fsp3) is 0.661. The number of nitrogens with one attached hydrogen (secondary N) is 1. The summed E-state index contributed by atoms with van der Waals surface area (Å²) in [6.45, 7) is 33.3. The number of nitrogen functional groups attached to an aromatic ring is 1. The van der Waals surface area contributed by atoms with E-state index >= 15 is 0 Å². The molecule has 0 saturated carbocycles. The van der Waals surface area contributed by atoms with Gasteiger partial charge in [-0.05, 0) is 145 Å². The first-order valence-corrected chi connectivity index (χ1v) is 29.8. The van der Waals surface area contributed by atoms with E-state index in [0.717, 1.165) is 61.0 Å². The van der Waals surface area contributed by atoms with E-state index in [2.05, 4.69) is 19.9 Å². The Labute approximate surface area is 528 Å². The number of morpholine rings is 5. The zero-order chi connectivity index (χ0) is 68.0. The van der Waals surface area contributed by atoms with Crippen LogP contribution in [0, 0.1) is 26.0 Å². The summed E-state index contributed by atoms with van der Waals surface area (Å²) in [4.78, 5) is 61.9. The molecular weight excluding hydrogens is 1180 g/mol.